The maximum absolute atomic E-state index is 10.2. The number of aryl methyl sites for hydroxylation is 1. The lowest BCUT2D eigenvalue weighted by atomic mass is 9.95. The van der Waals surface area contributed by atoms with Crippen molar-refractivity contribution in [2.75, 3.05) is 6.54 Å². The van der Waals surface area contributed by atoms with Crippen LogP contribution in [-0.2, 0) is 5.41 Å². The molecule has 0 bridgehead atoms. The Bertz CT molecular complexity index is 555. The Kier molecular flexibility index (Phi) is 1.80. The van der Waals surface area contributed by atoms with Crippen LogP contribution in [0.2, 0.25) is 0 Å². The first-order valence-electron chi connectivity index (χ1n) is 5.46. The minimum absolute atomic E-state index is 0.0288. The van der Waals surface area contributed by atoms with Crippen molar-refractivity contribution in [2.24, 2.45) is 5.73 Å². The molecule has 1 heterocycles. The highest BCUT2D eigenvalue weighted by molar-refractivity contribution is 5.81. The van der Waals surface area contributed by atoms with Gasteiger partial charge in [0.05, 0.1) is 0 Å². The number of hydrogen-bond donors (Lipinski definition) is 2. The maximum Gasteiger partial charge on any atom is 0.196 e. The number of hydrogen-bond acceptors (Lipinski definition) is 4. The number of oxazole rings is 1. The van der Waals surface area contributed by atoms with Crippen molar-refractivity contribution < 1.29 is 9.52 Å². The summed E-state index contributed by atoms with van der Waals surface area (Å²) in [6.45, 7) is 2.34. The number of benzene rings is 1. The number of phenols is 1. The summed E-state index contributed by atoms with van der Waals surface area (Å²) in [5.74, 6) is 0.779. The van der Waals surface area contributed by atoms with Crippen molar-refractivity contribution in [3.63, 3.8) is 0 Å². The zero-order valence-electron chi connectivity index (χ0n) is 9.16. The Morgan fingerprint density at radius 2 is 2.25 bits per heavy atom. The molecule has 2 aromatic rings. The van der Waals surface area contributed by atoms with E-state index in [1.807, 2.05) is 12.1 Å². The molecule has 3 rings (SSSR count). The first-order chi connectivity index (χ1) is 7.66. The smallest absolute Gasteiger partial charge is 0.196 e. The Morgan fingerprint density at radius 1 is 1.50 bits per heavy atom. The van der Waals surface area contributed by atoms with Gasteiger partial charge in [0.25, 0.3) is 0 Å². The van der Waals surface area contributed by atoms with E-state index >= 15 is 0 Å². The van der Waals surface area contributed by atoms with Gasteiger partial charge in [-0.1, -0.05) is 6.07 Å². The number of phenolic OH excluding ortho intramolecular Hbond substituents is 1. The van der Waals surface area contributed by atoms with E-state index in [0.717, 1.165) is 18.4 Å². The van der Waals surface area contributed by atoms with Gasteiger partial charge in [-0.05, 0) is 18.9 Å². The quantitative estimate of drug-likeness (QED) is 0.806. The van der Waals surface area contributed by atoms with E-state index in [4.69, 9.17) is 10.2 Å². The predicted octanol–water partition coefficient (Wildman–Crippen LogP) is 1.83. The normalized spacial score (nSPS) is 17.9. The van der Waals surface area contributed by atoms with Gasteiger partial charge >= 0.3 is 0 Å². The Hall–Kier alpha value is -1.55. The zero-order valence-corrected chi connectivity index (χ0v) is 9.16. The van der Waals surface area contributed by atoms with Gasteiger partial charge in [0.1, 0.15) is 5.52 Å². The summed E-state index contributed by atoms with van der Waals surface area (Å²) < 4.78 is 5.40. The van der Waals surface area contributed by atoms with Crippen LogP contribution >= 0.6 is 0 Å². The van der Waals surface area contributed by atoms with E-state index in [1.54, 1.807) is 6.92 Å². The Labute approximate surface area is 93.1 Å². The minimum Gasteiger partial charge on any atom is -0.504 e. The molecular weight excluding hydrogens is 204 g/mol. The monoisotopic (exact) mass is 218 g/mol. The van der Waals surface area contributed by atoms with Crippen LogP contribution in [-0.4, -0.2) is 16.6 Å². The summed E-state index contributed by atoms with van der Waals surface area (Å²) in [6, 6.07) is 3.80. The lowest BCUT2D eigenvalue weighted by Gasteiger charge is -2.13. The van der Waals surface area contributed by atoms with E-state index < -0.39 is 0 Å². The molecule has 0 amide bonds. The van der Waals surface area contributed by atoms with Crippen LogP contribution in [0.25, 0.3) is 11.1 Å². The van der Waals surface area contributed by atoms with Crippen molar-refractivity contribution in [2.45, 2.75) is 25.2 Å². The number of fused-ring (bicyclic) bond motifs is 1. The largest absolute Gasteiger partial charge is 0.504 e. The van der Waals surface area contributed by atoms with Crippen LogP contribution in [0.3, 0.4) is 0 Å². The third-order valence-corrected chi connectivity index (χ3v) is 3.45. The molecule has 16 heavy (non-hydrogen) atoms. The van der Waals surface area contributed by atoms with Gasteiger partial charge in [0, 0.05) is 24.4 Å². The maximum atomic E-state index is 10.2. The number of aromatic nitrogens is 1. The number of nitrogens with two attached hydrogens (primary N) is 1. The molecule has 0 radical (unpaired) electrons. The molecule has 0 atom stereocenters. The van der Waals surface area contributed by atoms with Gasteiger partial charge in [-0.25, -0.2) is 4.98 Å². The molecule has 1 fully saturated rings. The number of nitrogens with zero attached hydrogens (tertiary/aromatic N) is 1. The summed E-state index contributed by atoms with van der Waals surface area (Å²) in [7, 11) is 0. The predicted molar refractivity (Wildman–Crippen MR) is 60.4 cm³/mol. The SMILES string of the molecule is Cc1nc2ccc(C3(CN)CC3)c(O)c2o1. The summed E-state index contributed by atoms with van der Waals surface area (Å²) >= 11 is 0. The van der Waals surface area contributed by atoms with Gasteiger partial charge in [-0.15, -0.1) is 0 Å². The summed E-state index contributed by atoms with van der Waals surface area (Å²) in [4.78, 5) is 4.19. The Balaban J connectivity index is 2.23. The van der Waals surface area contributed by atoms with Gasteiger partial charge < -0.3 is 15.3 Å². The highest BCUT2D eigenvalue weighted by Gasteiger charge is 2.45. The number of aromatic hydroxyl groups is 1. The molecule has 1 aromatic heterocycles. The van der Waals surface area contributed by atoms with Crippen LogP contribution in [0.1, 0.15) is 24.3 Å². The molecule has 1 saturated carbocycles. The van der Waals surface area contributed by atoms with Gasteiger partial charge in [0.2, 0.25) is 0 Å². The molecule has 1 aromatic carbocycles. The molecule has 1 aliphatic rings. The fourth-order valence-corrected chi connectivity index (χ4v) is 2.25. The van der Waals surface area contributed by atoms with E-state index in [1.165, 1.54) is 0 Å². The number of rotatable bonds is 2. The molecule has 84 valence electrons. The highest BCUT2D eigenvalue weighted by atomic mass is 16.4. The average molecular weight is 218 g/mol. The van der Waals surface area contributed by atoms with Crippen LogP contribution in [0, 0.1) is 6.92 Å². The summed E-state index contributed by atoms with van der Waals surface area (Å²) in [5.41, 5.74) is 7.82. The molecular formula is C12H14N2O2. The van der Waals surface area contributed by atoms with Crippen LogP contribution in [0.4, 0.5) is 0 Å². The van der Waals surface area contributed by atoms with Crippen molar-refractivity contribution >= 4 is 11.1 Å². The van der Waals surface area contributed by atoms with E-state index in [0.29, 0.717) is 23.5 Å². The summed E-state index contributed by atoms with van der Waals surface area (Å²) in [5, 5.41) is 10.2. The van der Waals surface area contributed by atoms with Gasteiger partial charge in [-0.3, -0.25) is 0 Å². The highest BCUT2D eigenvalue weighted by Crippen LogP contribution is 2.51. The lowest BCUT2D eigenvalue weighted by molar-refractivity contribution is 0.446. The first-order valence-corrected chi connectivity index (χ1v) is 5.46. The minimum atomic E-state index is -0.0288. The fourth-order valence-electron chi connectivity index (χ4n) is 2.25. The molecule has 3 N–H and O–H groups in total. The molecule has 0 unspecified atom stereocenters. The van der Waals surface area contributed by atoms with E-state index in [2.05, 4.69) is 4.98 Å². The van der Waals surface area contributed by atoms with Crippen LogP contribution in [0.15, 0.2) is 16.5 Å². The van der Waals surface area contributed by atoms with Gasteiger partial charge in [-0.2, -0.15) is 0 Å². The van der Waals surface area contributed by atoms with Crippen molar-refractivity contribution in [1.82, 2.24) is 4.98 Å². The first kappa shape index (κ1) is 9.66. The second kappa shape index (κ2) is 2.98. The summed E-state index contributed by atoms with van der Waals surface area (Å²) in [6.07, 6.45) is 2.07. The van der Waals surface area contributed by atoms with Crippen molar-refractivity contribution in [3.05, 3.63) is 23.6 Å². The van der Waals surface area contributed by atoms with E-state index in [9.17, 15) is 5.11 Å². The molecule has 0 saturated heterocycles. The topological polar surface area (TPSA) is 72.3 Å². The van der Waals surface area contributed by atoms with Crippen LogP contribution < -0.4 is 5.73 Å². The standard InChI is InChI=1S/C12H14N2O2/c1-7-14-9-3-2-8(10(15)11(9)16-7)12(6-13)4-5-12/h2-3,15H,4-6,13H2,1H3. The Morgan fingerprint density at radius 3 is 2.88 bits per heavy atom. The van der Waals surface area contributed by atoms with Crippen molar-refractivity contribution in [3.8, 4) is 5.75 Å². The third-order valence-electron chi connectivity index (χ3n) is 3.45. The van der Waals surface area contributed by atoms with Crippen LogP contribution in [0.5, 0.6) is 5.75 Å². The third kappa shape index (κ3) is 1.16. The zero-order chi connectivity index (χ0) is 11.3. The van der Waals surface area contributed by atoms with Gasteiger partial charge in [0.15, 0.2) is 17.2 Å². The van der Waals surface area contributed by atoms with Crippen molar-refractivity contribution in [1.29, 1.82) is 0 Å². The molecule has 0 spiro atoms. The second-order valence-corrected chi connectivity index (χ2v) is 4.53. The molecule has 4 nitrogen and oxygen atoms in total. The average Bonchev–Trinajstić information content (AvgIpc) is 2.96. The molecule has 1 aliphatic carbocycles. The van der Waals surface area contributed by atoms with E-state index in [-0.39, 0.29) is 11.2 Å². The second-order valence-electron chi connectivity index (χ2n) is 4.53. The molecule has 0 aliphatic heterocycles. The fraction of sp³-hybridized carbons (Fsp3) is 0.417. The lowest BCUT2D eigenvalue weighted by Crippen LogP contribution is -2.19. The molecule has 4 heteroatoms.